The van der Waals surface area contributed by atoms with Crippen molar-refractivity contribution >= 4 is 27.5 Å². The van der Waals surface area contributed by atoms with E-state index in [4.69, 9.17) is 4.74 Å². The molecule has 0 aliphatic heterocycles. The van der Waals surface area contributed by atoms with Gasteiger partial charge in [-0.2, -0.15) is 0 Å². The van der Waals surface area contributed by atoms with E-state index < -0.39 is 34.3 Å². The largest absolute Gasteiger partial charge is 0.497 e. The molecule has 180 valence electrons. The number of nitrogens with one attached hydrogen (secondary N) is 1. The van der Waals surface area contributed by atoms with Gasteiger partial charge in [-0.1, -0.05) is 24.3 Å². The fourth-order valence-corrected chi connectivity index (χ4v) is 4.01. The second kappa shape index (κ2) is 11.1. The summed E-state index contributed by atoms with van der Waals surface area (Å²) in [6.45, 7) is 4.54. The molecule has 0 radical (unpaired) electrons. The van der Waals surface area contributed by atoms with Crippen LogP contribution in [0.4, 0.5) is 10.1 Å². The Hall–Kier alpha value is -3.14. The van der Waals surface area contributed by atoms with Crippen LogP contribution in [0.15, 0.2) is 48.5 Å². The van der Waals surface area contributed by atoms with E-state index in [1.54, 1.807) is 45.0 Å². The molecule has 0 spiro atoms. The molecule has 2 aromatic carbocycles. The molecule has 2 amide bonds. The summed E-state index contributed by atoms with van der Waals surface area (Å²) >= 11 is 0. The molecule has 0 bridgehead atoms. The summed E-state index contributed by atoms with van der Waals surface area (Å²) in [6, 6.07) is 11.2. The van der Waals surface area contributed by atoms with Gasteiger partial charge in [-0.25, -0.2) is 12.8 Å². The molecule has 0 unspecified atom stereocenters. The number of para-hydroxylation sites is 1. The van der Waals surface area contributed by atoms with Crippen molar-refractivity contribution in [3.05, 3.63) is 59.9 Å². The Morgan fingerprint density at radius 1 is 1.06 bits per heavy atom. The maximum atomic E-state index is 14.4. The van der Waals surface area contributed by atoms with Crippen molar-refractivity contribution in [1.82, 2.24) is 10.2 Å². The third kappa shape index (κ3) is 7.18. The predicted octanol–water partition coefficient (Wildman–Crippen LogP) is 2.54. The highest BCUT2D eigenvalue weighted by Gasteiger charge is 2.31. The Morgan fingerprint density at radius 2 is 1.67 bits per heavy atom. The number of sulfonamides is 1. The highest BCUT2D eigenvalue weighted by Crippen LogP contribution is 2.22. The van der Waals surface area contributed by atoms with Crippen LogP contribution in [-0.4, -0.2) is 57.1 Å². The molecule has 0 aliphatic rings. The SMILES string of the molecule is COc1ccc(CN(C(=O)CN(c2ccccc2F)S(C)(=O)=O)[C@H](C)C(=O)NC(C)C)cc1. The summed E-state index contributed by atoms with van der Waals surface area (Å²) in [4.78, 5) is 27.3. The predicted molar refractivity (Wildman–Crippen MR) is 125 cm³/mol. The summed E-state index contributed by atoms with van der Waals surface area (Å²) in [7, 11) is -2.45. The van der Waals surface area contributed by atoms with Crippen LogP contribution >= 0.6 is 0 Å². The van der Waals surface area contributed by atoms with Gasteiger partial charge in [0.1, 0.15) is 24.2 Å². The summed E-state index contributed by atoms with van der Waals surface area (Å²) in [5, 5.41) is 2.76. The number of methoxy groups -OCH3 is 1. The number of benzene rings is 2. The van der Waals surface area contributed by atoms with Gasteiger partial charge in [-0.05, 0) is 50.6 Å². The van der Waals surface area contributed by atoms with E-state index in [-0.39, 0.29) is 24.2 Å². The van der Waals surface area contributed by atoms with E-state index in [2.05, 4.69) is 5.32 Å². The molecular formula is C23H30FN3O5S. The van der Waals surface area contributed by atoms with Crippen LogP contribution in [0.2, 0.25) is 0 Å². The lowest BCUT2D eigenvalue weighted by molar-refractivity contribution is -0.139. The average Bonchev–Trinajstić information content (AvgIpc) is 2.75. The number of anilines is 1. The van der Waals surface area contributed by atoms with Crippen molar-refractivity contribution in [3.63, 3.8) is 0 Å². The van der Waals surface area contributed by atoms with E-state index in [0.29, 0.717) is 15.6 Å². The van der Waals surface area contributed by atoms with Gasteiger partial charge in [0, 0.05) is 12.6 Å². The molecule has 2 rings (SSSR count). The van der Waals surface area contributed by atoms with Crippen LogP contribution in [0, 0.1) is 5.82 Å². The first-order valence-corrected chi connectivity index (χ1v) is 12.2. The van der Waals surface area contributed by atoms with Crippen LogP contribution in [0.25, 0.3) is 0 Å². The van der Waals surface area contributed by atoms with Crippen molar-refractivity contribution in [2.45, 2.75) is 39.4 Å². The molecule has 0 fully saturated rings. The molecule has 2 aromatic rings. The fraction of sp³-hybridized carbons (Fsp3) is 0.391. The van der Waals surface area contributed by atoms with Crippen molar-refractivity contribution in [2.75, 3.05) is 24.2 Å². The zero-order chi connectivity index (χ0) is 24.8. The first-order chi connectivity index (χ1) is 15.4. The Labute approximate surface area is 194 Å². The molecule has 0 saturated heterocycles. The van der Waals surface area contributed by atoms with Gasteiger partial charge < -0.3 is 15.0 Å². The summed E-state index contributed by atoms with van der Waals surface area (Å²) in [5.74, 6) is -1.18. The minimum atomic E-state index is -3.99. The maximum absolute atomic E-state index is 14.4. The van der Waals surface area contributed by atoms with Gasteiger partial charge >= 0.3 is 0 Å². The lowest BCUT2D eigenvalue weighted by Crippen LogP contribution is -2.52. The van der Waals surface area contributed by atoms with E-state index in [1.165, 1.54) is 30.2 Å². The quantitative estimate of drug-likeness (QED) is 0.565. The number of halogens is 1. The number of carbonyl (C=O) groups is 2. The standard InChI is InChI=1S/C23H30FN3O5S/c1-16(2)25-23(29)17(3)26(14-18-10-12-19(32-4)13-11-18)22(28)15-27(33(5,30)31)21-9-7-6-8-20(21)24/h6-13,16-17H,14-15H2,1-5H3,(H,25,29)/t17-/m1/s1. The van der Waals surface area contributed by atoms with Crippen LogP contribution < -0.4 is 14.4 Å². The average molecular weight is 480 g/mol. The second-order valence-corrected chi connectivity index (χ2v) is 9.84. The zero-order valence-corrected chi connectivity index (χ0v) is 20.2. The number of amides is 2. The van der Waals surface area contributed by atoms with E-state index in [0.717, 1.165) is 12.3 Å². The molecule has 33 heavy (non-hydrogen) atoms. The smallest absolute Gasteiger partial charge is 0.244 e. The lowest BCUT2D eigenvalue weighted by atomic mass is 10.1. The van der Waals surface area contributed by atoms with Gasteiger partial charge in [0.15, 0.2) is 0 Å². The molecule has 10 heteroatoms. The van der Waals surface area contributed by atoms with Gasteiger partial charge in [-0.3, -0.25) is 13.9 Å². The van der Waals surface area contributed by atoms with Crippen LogP contribution in [0.1, 0.15) is 26.3 Å². The van der Waals surface area contributed by atoms with E-state index in [9.17, 15) is 22.4 Å². The Balaban J connectivity index is 2.39. The van der Waals surface area contributed by atoms with Crippen molar-refractivity contribution in [3.8, 4) is 5.75 Å². The van der Waals surface area contributed by atoms with Crippen molar-refractivity contribution < 1.29 is 27.1 Å². The third-order valence-corrected chi connectivity index (χ3v) is 6.04. The molecule has 0 aliphatic carbocycles. The second-order valence-electron chi connectivity index (χ2n) is 7.93. The lowest BCUT2D eigenvalue weighted by Gasteiger charge is -2.32. The van der Waals surface area contributed by atoms with Crippen molar-refractivity contribution in [2.24, 2.45) is 0 Å². The van der Waals surface area contributed by atoms with E-state index >= 15 is 0 Å². The first-order valence-electron chi connectivity index (χ1n) is 10.4. The number of hydrogen-bond donors (Lipinski definition) is 1. The monoisotopic (exact) mass is 479 g/mol. The summed E-state index contributed by atoms with van der Waals surface area (Å²) in [6.07, 6.45) is 0.898. The Morgan fingerprint density at radius 3 is 2.18 bits per heavy atom. The normalized spacial score (nSPS) is 12.2. The number of ether oxygens (including phenoxy) is 1. The van der Waals surface area contributed by atoms with Crippen LogP contribution in [0.3, 0.4) is 0 Å². The van der Waals surface area contributed by atoms with Crippen LogP contribution in [-0.2, 0) is 26.2 Å². The maximum Gasteiger partial charge on any atom is 0.244 e. The van der Waals surface area contributed by atoms with Gasteiger partial charge in [0.25, 0.3) is 0 Å². The first kappa shape index (κ1) is 26.1. The fourth-order valence-electron chi connectivity index (χ4n) is 3.16. The molecule has 1 atom stereocenters. The topological polar surface area (TPSA) is 96.0 Å². The number of rotatable bonds is 10. The van der Waals surface area contributed by atoms with Gasteiger partial charge in [0.2, 0.25) is 21.8 Å². The Bertz CT molecular complexity index is 1070. The molecule has 8 nitrogen and oxygen atoms in total. The minimum absolute atomic E-state index is 0.0460. The number of carbonyl (C=O) groups excluding carboxylic acids is 2. The molecule has 1 N–H and O–H groups in total. The van der Waals surface area contributed by atoms with Crippen LogP contribution in [0.5, 0.6) is 5.75 Å². The van der Waals surface area contributed by atoms with E-state index in [1.807, 2.05) is 0 Å². The minimum Gasteiger partial charge on any atom is -0.497 e. The number of nitrogens with zero attached hydrogens (tertiary/aromatic N) is 2. The Kier molecular flexibility index (Phi) is 8.81. The van der Waals surface area contributed by atoms with Gasteiger partial charge in [-0.15, -0.1) is 0 Å². The molecular weight excluding hydrogens is 449 g/mol. The van der Waals surface area contributed by atoms with Crippen molar-refractivity contribution in [1.29, 1.82) is 0 Å². The zero-order valence-electron chi connectivity index (χ0n) is 19.4. The number of hydrogen-bond acceptors (Lipinski definition) is 5. The summed E-state index contributed by atoms with van der Waals surface area (Å²) < 4.78 is 45.0. The summed E-state index contributed by atoms with van der Waals surface area (Å²) in [5.41, 5.74) is 0.474. The molecule has 0 saturated carbocycles. The third-order valence-electron chi connectivity index (χ3n) is 4.91. The highest BCUT2D eigenvalue weighted by atomic mass is 32.2. The highest BCUT2D eigenvalue weighted by molar-refractivity contribution is 7.92. The van der Waals surface area contributed by atoms with Gasteiger partial charge in [0.05, 0.1) is 19.1 Å². The molecule has 0 heterocycles. The molecule has 0 aromatic heterocycles.